The minimum absolute atomic E-state index is 0.269. The van der Waals surface area contributed by atoms with Crippen LogP contribution in [0.4, 0.5) is 0 Å². The minimum atomic E-state index is 0.269. The molecule has 1 atom stereocenters. The van der Waals surface area contributed by atoms with Crippen LogP contribution in [0.2, 0.25) is 0 Å². The molecule has 1 unspecified atom stereocenters. The van der Waals surface area contributed by atoms with Gasteiger partial charge in [-0.05, 0) is 46.2 Å². The van der Waals surface area contributed by atoms with Crippen LogP contribution >= 0.6 is 11.8 Å². The topological polar surface area (TPSA) is 29.3 Å². The zero-order valence-electron chi connectivity index (χ0n) is 12.7. The Bertz CT molecular complexity index is 330. The SMILES string of the molecule is CC(C)N(CCC(N)CSc1ccccc1)C(C)C. The van der Waals surface area contributed by atoms with Gasteiger partial charge in [-0.2, -0.15) is 0 Å². The highest BCUT2D eigenvalue weighted by molar-refractivity contribution is 7.99. The summed E-state index contributed by atoms with van der Waals surface area (Å²) in [5.74, 6) is 0.994. The molecule has 19 heavy (non-hydrogen) atoms. The molecule has 0 aliphatic rings. The molecule has 0 fully saturated rings. The quantitative estimate of drug-likeness (QED) is 0.738. The predicted molar refractivity (Wildman–Crippen MR) is 86.7 cm³/mol. The lowest BCUT2D eigenvalue weighted by molar-refractivity contribution is 0.170. The van der Waals surface area contributed by atoms with Crippen LogP contribution in [-0.2, 0) is 0 Å². The largest absolute Gasteiger partial charge is 0.327 e. The third-order valence-electron chi connectivity index (χ3n) is 3.29. The zero-order valence-corrected chi connectivity index (χ0v) is 13.5. The van der Waals surface area contributed by atoms with Crippen LogP contribution in [0.15, 0.2) is 35.2 Å². The zero-order chi connectivity index (χ0) is 14.3. The Morgan fingerprint density at radius 1 is 1.05 bits per heavy atom. The van der Waals surface area contributed by atoms with Crippen LogP contribution in [0.3, 0.4) is 0 Å². The van der Waals surface area contributed by atoms with E-state index in [0.29, 0.717) is 12.1 Å². The van der Waals surface area contributed by atoms with Gasteiger partial charge in [-0.3, -0.25) is 4.90 Å². The summed E-state index contributed by atoms with van der Waals surface area (Å²) in [6.45, 7) is 10.1. The van der Waals surface area contributed by atoms with Gasteiger partial charge in [0.15, 0.2) is 0 Å². The minimum Gasteiger partial charge on any atom is -0.327 e. The fourth-order valence-electron chi connectivity index (χ4n) is 2.23. The van der Waals surface area contributed by atoms with Gasteiger partial charge in [0.2, 0.25) is 0 Å². The lowest BCUT2D eigenvalue weighted by atomic mass is 10.2. The van der Waals surface area contributed by atoms with Gasteiger partial charge in [-0.25, -0.2) is 0 Å². The molecule has 0 spiro atoms. The Morgan fingerprint density at radius 3 is 2.16 bits per heavy atom. The Balaban J connectivity index is 2.29. The molecule has 0 radical (unpaired) electrons. The third-order valence-corrected chi connectivity index (χ3v) is 4.49. The number of benzene rings is 1. The summed E-state index contributed by atoms with van der Waals surface area (Å²) in [6.07, 6.45) is 1.07. The van der Waals surface area contributed by atoms with Crippen molar-refractivity contribution >= 4 is 11.8 Å². The van der Waals surface area contributed by atoms with Gasteiger partial charge >= 0.3 is 0 Å². The molecular formula is C16H28N2S. The van der Waals surface area contributed by atoms with E-state index in [1.54, 1.807) is 0 Å². The Kier molecular flexibility index (Phi) is 7.51. The summed E-state index contributed by atoms with van der Waals surface area (Å²) in [6, 6.07) is 11.9. The van der Waals surface area contributed by atoms with E-state index in [-0.39, 0.29) is 6.04 Å². The average molecular weight is 280 g/mol. The maximum atomic E-state index is 6.22. The van der Waals surface area contributed by atoms with Crippen molar-refractivity contribution in [2.45, 2.75) is 57.1 Å². The molecule has 2 N–H and O–H groups in total. The van der Waals surface area contributed by atoms with Crippen molar-refractivity contribution in [3.05, 3.63) is 30.3 Å². The van der Waals surface area contributed by atoms with Gasteiger partial charge in [0.25, 0.3) is 0 Å². The Morgan fingerprint density at radius 2 is 1.63 bits per heavy atom. The molecule has 0 heterocycles. The first-order valence-electron chi connectivity index (χ1n) is 7.20. The van der Waals surface area contributed by atoms with Crippen molar-refractivity contribution in [3.8, 4) is 0 Å². The monoisotopic (exact) mass is 280 g/mol. The summed E-state index contributed by atoms with van der Waals surface area (Å²) in [4.78, 5) is 3.81. The van der Waals surface area contributed by atoms with E-state index in [9.17, 15) is 0 Å². The molecule has 0 aliphatic heterocycles. The van der Waals surface area contributed by atoms with Crippen LogP contribution in [0.25, 0.3) is 0 Å². The number of nitrogens with two attached hydrogens (primary N) is 1. The van der Waals surface area contributed by atoms with Crippen molar-refractivity contribution in [1.29, 1.82) is 0 Å². The second kappa shape index (κ2) is 8.62. The third kappa shape index (κ3) is 6.46. The van der Waals surface area contributed by atoms with E-state index < -0.39 is 0 Å². The molecule has 0 saturated carbocycles. The highest BCUT2D eigenvalue weighted by Crippen LogP contribution is 2.18. The predicted octanol–water partition coefficient (Wildman–Crippen LogP) is 3.61. The van der Waals surface area contributed by atoms with E-state index in [0.717, 1.165) is 18.7 Å². The number of nitrogens with zero attached hydrogens (tertiary/aromatic N) is 1. The smallest absolute Gasteiger partial charge is 0.0146 e. The van der Waals surface area contributed by atoms with Gasteiger partial charge in [-0.15, -0.1) is 11.8 Å². The number of hydrogen-bond donors (Lipinski definition) is 1. The van der Waals surface area contributed by atoms with Gasteiger partial charge in [0.05, 0.1) is 0 Å². The molecule has 0 aliphatic carbocycles. The van der Waals surface area contributed by atoms with Crippen LogP contribution in [0, 0.1) is 0 Å². The van der Waals surface area contributed by atoms with Crippen molar-refractivity contribution < 1.29 is 0 Å². The molecule has 1 aromatic rings. The van der Waals surface area contributed by atoms with Crippen LogP contribution in [-0.4, -0.2) is 35.3 Å². The standard InChI is InChI=1S/C16H28N2S/c1-13(2)18(14(3)4)11-10-15(17)12-19-16-8-6-5-7-9-16/h5-9,13-15H,10-12,17H2,1-4H3. The molecule has 0 amide bonds. The molecule has 108 valence electrons. The summed E-state index contributed by atoms with van der Waals surface area (Å²) < 4.78 is 0. The molecule has 0 saturated heterocycles. The summed E-state index contributed by atoms with van der Waals surface area (Å²) >= 11 is 1.85. The van der Waals surface area contributed by atoms with Crippen molar-refractivity contribution in [2.75, 3.05) is 12.3 Å². The summed E-state index contributed by atoms with van der Waals surface area (Å²) in [7, 11) is 0. The van der Waals surface area contributed by atoms with E-state index in [1.165, 1.54) is 4.90 Å². The second-order valence-corrected chi connectivity index (χ2v) is 6.69. The summed E-state index contributed by atoms with van der Waals surface area (Å²) in [5.41, 5.74) is 6.22. The highest BCUT2D eigenvalue weighted by Gasteiger charge is 2.14. The van der Waals surface area contributed by atoms with Crippen LogP contribution in [0.5, 0.6) is 0 Å². The fourth-order valence-corrected chi connectivity index (χ4v) is 3.15. The van der Waals surface area contributed by atoms with Gasteiger partial charge in [0, 0.05) is 35.3 Å². The Hall–Kier alpha value is -0.510. The number of rotatable bonds is 8. The average Bonchev–Trinajstić information content (AvgIpc) is 2.37. The first kappa shape index (κ1) is 16.5. The second-order valence-electron chi connectivity index (χ2n) is 5.60. The van der Waals surface area contributed by atoms with Crippen LogP contribution in [0.1, 0.15) is 34.1 Å². The Labute approximate surface area is 122 Å². The molecule has 1 rings (SSSR count). The molecule has 3 heteroatoms. The fraction of sp³-hybridized carbons (Fsp3) is 0.625. The van der Waals surface area contributed by atoms with Gasteiger partial charge in [-0.1, -0.05) is 18.2 Å². The lowest BCUT2D eigenvalue weighted by Crippen LogP contribution is -2.40. The van der Waals surface area contributed by atoms with Crippen molar-refractivity contribution in [2.24, 2.45) is 5.73 Å². The van der Waals surface area contributed by atoms with Crippen molar-refractivity contribution in [3.63, 3.8) is 0 Å². The molecule has 0 aromatic heterocycles. The van der Waals surface area contributed by atoms with E-state index >= 15 is 0 Å². The molecular weight excluding hydrogens is 252 g/mol. The number of hydrogen-bond acceptors (Lipinski definition) is 3. The van der Waals surface area contributed by atoms with Gasteiger partial charge in [0.1, 0.15) is 0 Å². The van der Waals surface area contributed by atoms with Gasteiger partial charge < -0.3 is 5.73 Å². The molecule has 0 bridgehead atoms. The maximum Gasteiger partial charge on any atom is 0.0146 e. The van der Waals surface area contributed by atoms with E-state index in [4.69, 9.17) is 5.73 Å². The van der Waals surface area contributed by atoms with E-state index in [2.05, 4.69) is 56.9 Å². The lowest BCUT2D eigenvalue weighted by Gasteiger charge is -2.31. The maximum absolute atomic E-state index is 6.22. The van der Waals surface area contributed by atoms with Crippen LogP contribution < -0.4 is 5.73 Å². The molecule has 2 nitrogen and oxygen atoms in total. The number of thioether (sulfide) groups is 1. The van der Waals surface area contributed by atoms with Crippen molar-refractivity contribution in [1.82, 2.24) is 4.90 Å². The molecule has 1 aromatic carbocycles. The normalized spacial score (nSPS) is 13.5. The summed E-state index contributed by atoms with van der Waals surface area (Å²) in [5, 5.41) is 0. The first-order valence-corrected chi connectivity index (χ1v) is 8.18. The first-order chi connectivity index (χ1) is 9.00. The highest BCUT2D eigenvalue weighted by atomic mass is 32.2. The van der Waals surface area contributed by atoms with E-state index in [1.807, 2.05) is 17.8 Å².